The summed E-state index contributed by atoms with van der Waals surface area (Å²) in [5.41, 5.74) is -0.224. The summed E-state index contributed by atoms with van der Waals surface area (Å²) in [6.45, 7) is 7.30. The van der Waals surface area contributed by atoms with E-state index in [1.807, 2.05) is 25.7 Å². The molecule has 6 nitrogen and oxygen atoms in total. The van der Waals surface area contributed by atoms with Crippen molar-refractivity contribution in [2.75, 3.05) is 26.2 Å². The van der Waals surface area contributed by atoms with Crippen molar-refractivity contribution in [1.82, 2.24) is 9.80 Å². The Kier molecular flexibility index (Phi) is 4.59. The number of rotatable bonds is 4. The van der Waals surface area contributed by atoms with Crippen LogP contribution in [0.4, 0.5) is 0 Å². The zero-order valence-corrected chi connectivity index (χ0v) is 11.0. The van der Waals surface area contributed by atoms with E-state index in [2.05, 4.69) is 0 Å². The van der Waals surface area contributed by atoms with Crippen LogP contribution in [0.15, 0.2) is 0 Å². The maximum atomic E-state index is 11.7. The SMILES string of the molecule is CC(C)(C)N1CCN(CC(=O)O)CC1C(=O)C=O. The number of piperazine rings is 1. The maximum Gasteiger partial charge on any atom is 0.317 e. The predicted octanol–water partition coefficient (Wildman–Crippen LogP) is -0.376. The van der Waals surface area contributed by atoms with E-state index in [-0.39, 0.29) is 12.1 Å². The van der Waals surface area contributed by atoms with E-state index in [0.29, 0.717) is 25.9 Å². The highest BCUT2D eigenvalue weighted by atomic mass is 16.4. The standard InChI is InChI=1S/C12H20N2O4/c1-12(2,3)14-5-4-13(7-11(17)18)6-9(14)10(16)8-15/h8-9H,4-7H2,1-3H3,(H,17,18). The number of Topliss-reactive ketones (excluding diaryl/α,β-unsaturated/α-hetero) is 1. The molecule has 0 bridgehead atoms. The van der Waals surface area contributed by atoms with Crippen molar-refractivity contribution in [3.05, 3.63) is 0 Å². The van der Waals surface area contributed by atoms with Crippen LogP contribution in [-0.4, -0.2) is 70.7 Å². The molecule has 0 saturated carbocycles. The lowest BCUT2D eigenvalue weighted by Gasteiger charge is -2.46. The van der Waals surface area contributed by atoms with Crippen LogP contribution in [0.2, 0.25) is 0 Å². The molecule has 0 radical (unpaired) electrons. The van der Waals surface area contributed by atoms with Crippen LogP contribution >= 0.6 is 0 Å². The van der Waals surface area contributed by atoms with Crippen molar-refractivity contribution in [3.8, 4) is 0 Å². The monoisotopic (exact) mass is 256 g/mol. The molecule has 1 aliphatic rings. The average molecular weight is 256 g/mol. The quantitative estimate of drug-likeness (QED) is 0.546. The zero-order chi connectivity index (χ0) is 13.9. The van der Waals surface area contributed by atoms with Gasteiger partial charge in [-0.2, -0.15) is 0 Å². The van der Waals surface area contributed by atoms with Crippen molar-refractivity contribution in [3.63, 3.8) is 0 Å². The van der Waals surface area contributed by atoms with E-state index in [0.717, 1.165) is 0 Å². The van der Waals surface area contributed by atoms with E-state index in [4.69, 9.17) is 5.11 Å². The number of aldehydes is 1. The van der Waals surface area contributed by atoms with Crippen LogP contribution in [0.5, 0.6) is 0 Å². The molecule has 6 heteroatoms. The first kappa shape index (κ1) is 14.8. The Balaban J connectivity index is 2.82. The number of nitrogens with zero attached hydrogens (tertiary/aromatic N) is 2. The Hall–Kier alpha value is -1.27. The number of carboxylic acids is 1. The van der Waals surface area contributed by atoms with E-state index in [1.54, 1.807) is 4.90 Å². The van der Waals surface area contributed by atoms with Crippen molar-refractivity contribution in [2.24, 2.45) is 0 Å². The number of carbonyl (C=O) groups is 3. The lowest BCUT2D eigenvalue weighted by atomic mass is 9.98. The molecular weight excluding hydrogens is 236 g/mol. The minimum absolute atomic E-state index is 0.0966. The topological polar surface area (TPSA) is 77.9 Å². The molecule has 0 amide bonds. The van der Waals surface area contributed by atoms with Gasteiger partial charge in [-0.1, -0.05) is 0 Å². The van der Waals surface area contributed by atoms with E-state index in [9.17, 15) is 14.4 Å². The van der Waals surface area contributed by atoms with Gasteiger partial charge in [-0.3, -0.25) is 24.2 Å². The summed E-state index contributed by atoms with van der Waals surface area (Å²) in [7, 11) is 0. The Morgan fingerprint density at radius 1 is 1.33 bits per heavy atom. The van der Waals surface area contributed by atoms with Gasteiger partial charge in [-0.25, -0.2) is 0 Å². The molecule has 1 atom stereocenters. The number of carboxylic acid groups (broad SMARTS) is 1. The second-order valence-electron chi connectivity index (χ2n) is 5.53. The molecule has 1 fully saturated rings. The summed E-state index contributed by atoms with van der Waals surface area (Å²) < 4.78 is 0. The second kappa shape index (κ2) is 5.58. The fraction of sp³-hybridized carbons (Fsp3) is 0.750. The van der Waals surface area contributed by atoms with Gasteiger partial charge in [-0.05, 0) is 20.8 Å². The Bertz CT molecular complexity index is 348. The van der Waals surface area contributed by atoms with Crippen LogP contribution < -0.4 is 0 Å². The van der Waals surface area contributed by atoms with Gasteiger partial charge < -0.3 is 5.11 Å². The lowest BCUT2D eigenvalue weighted by Crippen LogP contribution is -2.62. The molecule has 1 rings (SSSR count). The molecule has 102 valence electrons. The van der Waals surface area contributed by atoms with Crippen molar-refractivity contribution < 1.29 is 19.5 Å². The first-order valence-electron chi connectivity index (χ1n) is 5.95. The number of carbonyl (C=O) groups excluding carboxylic acids is 2. The van der Waals surface area contributed by atoms with Gasteiger partial charge in [0, 0.05) is 25.2 Å². The Labute approximate surface area is 107 Å². The molecule has 1 heterocycles. The van der Waals surface area contributed by atoms with Gasteiger partial charge in [0.05, 0.1) is 12.6 Å². The predicted molar refractivity (Wildman–Crippen MR) is 65.4 cm³/mol. The lowest BCUT2D eigenvalue weighted by molar-refractivity contribution is -0.142. The highest BCUT2D eigenvalue weighted by Gasteiger charge is 2.37. The summed E-state index contributed by atoms with van der Waals surface area (Å²) in [6, 6.07) is -0.546. The van der Waals surface area contributed by atoms with E-state index < -0.39 is 17.8 Å². The fourth-order valence-electron chi connectivity index (χ4n) is 2.30. The summed E-state index contributed by atoms with van der Waals surface area (Å²) in [4.78, 5) is 36.7. The van der Waals surface area contributed by atoms with Gasteiger partial charge >= 0.3 is 5.97 Å². The van der Waals surface area contributed by atoms with Gasteiger partial charge in [-0.15, -0.1) is 0 Å². The second-order valence-corrected chi connectivity index (χ2v) is 5.53. The van der Waals surface area contributed by atoms with Gasteiger partial charge in [0.15, 0.2) is 6.29 Å². The van der Waals surface area contributed by atoms with Crippen LogP contribution in [-0.2, 0) is 14.4 Å². The van der Waals surface area contributed by atoms with Crippen molar-refractivity contribution in [2.45, 2.75) is 32.4 Å². The first-order valence-corrected chi connectivity index (χ1v) is 5.95. The Morgan fingerprint density at radius 3 is 2.39 bits per heavy atom. The van der Waals surface area contributed by atoms with Gasteiger partial charge in [0.2, 0.25) is 5.78 Å². The van der Waals surface area contributed by atoms with Crippen LogP contribution in [0.3, 0.4) is 0 Å². The summed E-state index contributed by atoms with van der Waals surface area (Å²) in [5.74, 6) is -1.41. The number of ketones is 1. The highest BCUT2D eigenvalue weighted by Crippen LogP contribution is 2.21. The molecule has 0 aromatic carbocycles. The normalized spacial score (nSPS) is 22.7. The van der Waals surface area contributed by atoms with E-state index >= 15 is 0 Å². The van der Waals surface area contributed by atoms with Gasteiger partial charge in [0.25, 0.3) is 0 Å². The third kappa shape index (κ3) is 3.61. The minimum Gasteiger partial charge on any atom is -0.480 e. The molecule has 0 aliphatic carbocycles. The largest absolute Gasteiger partial charge is 0.480 e. The molecule has 1 aliphatic heterocycles. The molecule has 0 aromatic rings. The van der Waals surface area contributed by atoms with Crippen LogP contribution in [0.1, 0.15) is 20.8 Å². The number of hydrogen-bond acceptors (Lipinski definition) is 5. The third-order valence-electron chi connectivity index (χ3n) is 3.13. The zero-order valence-electron chi connectivity index (χ0n) is 11.0. The van der Waals surface area contributed by atoms with Crippen molar-refractivity contribution in [1.29, 1.82) is 0 Å². The number of hydrogen-bond donors (Lipinski definition) is 1. The Morgan fingerprint density at radius 2 is 1.94 bits per heavy atom. The van der Waals surface area contributed by atoms with Crippen LogP contribution in [0.25, 0.3) is 0 Å². The molecule has 18 heavy (non-hydrogen) atoms. The summed E-state index contributed by atoms with van der Waals surface area (Å²) >= 11 is 0. The third-order valence-corrected chi connectivity index (χ3v) is 3.13. The minimum atomic E-state index is -0.920. The first-order chi connectivity index (χ1) is 8.25. The highest BCUT2D eigenvalue weighted by molar-refractivity contribution is 6.27. The summed E-state index contributed by atoms with van der Waals surface area (Å²) in [5, 5.41) is 8.76. The summed E-state index contributed by atoms with van der Waals surface area (Å²) in [6.07, 6.45) is 0.327. The van der Waals surface area contributed by atoms with Crippen molar-refractivity contribution >= 4 is 18.0 Å². The molecule has 0 aromatic heterocycles. The number of aliphatic carboxylic acids is 1. The fourth-order valence-corrected chi connectivity index (χ4v) is 2.30. The average Bonchev–Trinajstić information content (AvgIpc) is 2.25. The van der Waals surface area contributed by atoms with E-state index in [1.165, 1.54) is 0 Å². The molecule has 1 unspecified atom stereocenters. The maximum absolute atomic E-state index is 11.7. The molecular formula is C12H20N2O4. The molecule has 1 N–H and O–H groups in total. The van der Waals surface area contributed by atoms with Gasteiger partial charge in [0.1, 0.15) is 0 Å². The molecule has 1 saturated heterocycles. The van der Waals surface area contributed by atoms with Crippen LogP contribution in [0, 0.1) is 0 Å². The smallest absolute Gasteiger partial charge is 0.317 e. The molecule has 0 spiro atoms.